The second-order valence-electron chi connectivity index (χ2n) is 2.78. The zero-order chi connectivity index (χ0) is 10.9. The van der Waals surface area contributed by atoms with Crippen LogP contribution in [-0.2, 0) is 0 Å². The molecule has 4 N–H and O–H groups in total. The molecule has 6 heteroatoms. The second kappa shape index (κ2) is 3.57. The highest BCUT2D eigenvalue weighted by Gasteiger charge is 2.21. The summed E-state index contributed by atoms with van der Waals surface area (Å²) < 4.78 is 24.9. The molecule has 1 aromatic rings. The van der Waals surface area contributed by atoms with E-state index in [9.17, 15) is 13.6 Å². The summed E-state index contributed by atoms with van der Waals surface area (Å²) >= 11 is 0. The van der Waals surface area contributed by atoms with Gasteiger partial charge in [-0.25, -0.2) is 13.8 Å². The standard InChI is InChI=1S/C8H9F2N3O/c1-3-2-4(11)5(7(9)10)6(13-3)8(12)14/h2,7H,1H3,(H2,11,13)(H2,12,14). The zero-order valence-electron chi connectivity index (χ0n) is 7.42. The van der Waals surface area contributed by atoms with Crippen LogP contribution in [0, 0.1) is 6.92 Å². The lowest BCUT2D eigenvalue weighted by Crippen LogP contribution is -2.18. The predicted octanol–water partition coefficient (Wildman–Crippen LogP) is 1.01. The van der Waals surface area contributed by atoms with Crippen molar-refractivity contribution in [3.05, 3.63) is 23.0 Å². The summed E-state index contributed by atoms with van der Waals surface area (Å²) in [7, 11) is 0. The Hall–Kier alpha value is -1.72. The number of amides is 1. The molecule has 0 aromatic carbocycles. The molecule has 1 amide bonds. The molecule has 0 aliphatic rings. The van der Waals surface area contributed by atoms with Crippen LogP contribution in [0.15, 0.2) is 6.07 Å². The largest absolute Gasteiger partial charge is 0.398 e. The van der Waals surface area contributed by atoms with Gasteiger partial charge in [0.1, 0.15) is 5.69 Å². The third kappa shape index (κ3) is 1.78. The third-order valence-electron chi connectivity index (χ3n) is 1.67. The molecule has 1 aromatic heterocycles. The Labute approximate surface area is 78.9 Å². The van der Waals surface area contributed by atoms with Gasteiger partial charge in [-0.05, 0) is 13.0 Å². The smallest absolute Gasteiger partial charge is 0.268 e. The number of rotatable bonds is 2. The highest BCUT2D eigenvalue weighted by Crippen LogP contribution is 2.27. The quantitative estimate of drug-likeness (QED) is 0.749. The number of nitrogens with two attached hydrogens (primary N) is 2. The number of anilines is 1. The molecule has 0 atom stereocenters. The van der Waals surface area contributed by atoms with Crippen molar-refractivity contribution in [3.8, 4) is 0 Å². The van der Waals surface area contributed by atoms with Crippen molar-refractivity contribution >= 4 is 11.6 Å². The van der Waals surface area contributed by atoms with Gasteiger partial charge in [-0.15, -0.1) is 0 Å². The van der Waals surface area contributed by atoms with Crippen LogP contribution in [0.25, 0.3) is 0 Å². The van der Waals surface area contributed by atoms with Crippen molar-refractivity contribution in [2.24, 2.45) is 5.73 Å². The molecule has 1 rings (SSSR count). The van der Waals surface area contributed by atoms with Crippen molar-refractivity contribution in [1.82, 2.24) is 4.98 Å². The molecule has 0 aliphatic carbocycles. The Morgan fingerprint density at radius 1 is 1.57 bits per heavy atom. The lowest BCUT2D eigenvalue weighted by Gasteiger charge is -2.09. The summed E-state index contributed by atoms with van der Waals surface area (Å²) in [6.45, 7) is 1.54. The number of nitrogens with zero attached hydrogens (tertiary/aromatic N) is 1. The maximum Gasteiger partial charge on any atom is 0.268 e. The van der Waals surface area contributed by atoms with Crippen molar-refractivity contribution in [2.75, 3.05) is 5.73 Å². The first-order valence-electron chi connectivity index (χ1n) is 3.78. The normalized spacial score (nSPS) is 10.6. The number of hydrogen-bond acceptors (Lipinski definition) is 3. The summed E-state index contributed by atoms with van der Waals surface area (Å²) in [5.74, 6) is -1.00. The molecule has 0 radical (unpaired) electrons. The van der Waals surface area contributed by atoms with E-state index in [1.165, 1.54) is 13.0 Å². The Morgan fingerprint density at radius 3 is 2.57 bits per heavy atom. The van der Waals surface area contributed by atoms with E-state index in [1.54, 1.807) is 0 Å². The zero-order valence-corrected chi connectivity index (χ0v) is 7.42. The maximum atomic E-state index is 12.5. The van der Waals surface area contributed by atoms with E-state index in [0.717, 1.165) is 0 Å². The summed E-state index contributed by atoms with van der Waals surface area (Å²) in [4.78, 5) is 14.4. The average Bonchev–Trinajstić information content (AvgIpc) is 2.01. The lowest BCUT2D eigenvalue weighted by molar-refractivity contribution is 0.0980. The van der Waals surface area contributed by atoms with E-state index < -0.39 is 23.6 Å². The number of halogens is 2. The van der Waals surface area contributed by atoms with E-state index in [-0.39, 0.29) is 5.69 Å². The topological polar surface area (TPSA) is 82.0 Å². The van der Waals surface area contributed by atoms with Crippen LogP contribution >= 0.6 is 0 Å². The van der Waals surface area contributed by atoms with E-state index in [4.69, 9.17) is 11.5 Å². The Bertz CT molecular complexity index is 379. The minimum atomic E-state index is -2.86. The van der Waals surface area contributed by atoms with Gasteiger partial charge in [-0.3, -0.25) is 4.79 Å². The minimum Gasteiger partial charge on any atom is -0.398 e. The molecule has 1 heterocycles. The number of nitrogen functional groups attached to an aromatic ring is 1. The van der Waals surface area contributed by atoms with Crippen LogP contribution in [0.2, 0.25) is 0 Å². The van der Waals surface area contributed by atoms with Crippen molar-refractivity contribution in [3.63, 3.8) is 0 Å². The summed E-state index contributed by atoms with van der Waals surface area (Å²) in [5, 5.41) is 0. The number of alkyl halides is 2. The van der Waals surface area contributed by atoms with Crippen LogP contribution < -0.4 is 11.5 Å². The van der Waals surface area contributed by atoms with E-state index in [2.05, 4.69) is 4.98 Å². The molecule has 76 valence electrons. The van der Waals surface area contributed by atoms with Crippen LogP contribution in [0.4, 0.5) is 14.5 Å². The fraction of sp³-hybridized carbons (Fsp3) is 0.250. The third-order valence-corrected chi connectivity index (χ3v) is 1.67. The molecular formula is C8H9F2N3O. The molecule has 0 aliphatic heterocycles. The summed E-state index contributed by atoms with van der Waals surface area (Å²) in [6, 6.07) is 1.27. The van der Waals surface area contributed by atoms with Crippen LogP contribution in [0.3, 0.4) is 0 Å². The molecule has 0 spiro atoms. The summed E-state index contributed by atoms with van der Waals surface area (Å²) in [5.41, 5.74) is 9.39. The van der Waals surface area contributed by atoms with Gasteiger partial charge in [-0.2, -0.15) is 0 Å². The highest BCUT2D eigenvalue weighted by molar-refractivity contribution is 5.93. The molecule has 0 saturated carbocycles. The predicted molar refractivity (Wildman–Crippen MR) is 46.9 cm³/mol. The molecule has 0 unspecified atom stereocenters. The van der Waals surface area contributed by atoms with E-state index in [1.807, 2.05) is 0 Å². The van der Waals surface area contributed by atoms with Gasteiger partial charge < -0.3 is 11.5 Å². The Morgan fingerprint density at radius 2 is 2.14 bits per heavy atom. The molecule has 0 bridgehead atoms. The van der Waals surface area contributed by atoms with Gasteiger partial charge in [-0.1, -0.05) is 0 Å². The van der Waals surface area contributed by atoms with Gasteiger partial charge in [0.15, 0.2) is 0 Å². The minimum absolute atomic E-state index is 0.165. The van der Waals surface area contributed by atoms with Gasteiger partial charge in [0, 0.05) is 11.4 Å². The Kier molecular flexibility index (Phi) is 2.64. The number of aryl methyl sites for hydroxylation is 1. The van der Waals surface area contributed by atoms with Crippen molar-refractivity contribution in [1.29, 1.82) is 0 Å². The maximum absolute atomic E-state index is 12.5. The number of carbonyl (C=O) groups excluding carboxylic acids is 1. The molecule has 14 heavy (non-hydrogen) atoms. The number of pyridine rings is 1. The SMILES string of the molecule is Cc1cc(N)c(C(F)F)c(C(N)=O)n1. The van der Waals surface area contributed by atoms with Crippen molar-refractivity contribution in [2.45, 2.75) is 13.3 Å². The monoisotopic (exact) mass is 201 g/mol. The van der Waals surface area contributed by atoms with E-state index in [0.29, 0.717) is 5.69 Å². The average molecular weight is 201 g/mol. The fourth-order valence-electron chi connectivity index (χ4n) is 1.13. The first-order valence-corrected chi connectivity index (χ1v) is 3.78. The fourth-order valence-corrected chi connectivity index (χ4v) is 1.13. The Balaban J connectivity index is 3.44. The lowest BCUT2D eigenvalue weighted by atomic mass is 10.1. The van der Waals surface area contributed by atoms with E-state index >= 15 is 0 Å². The molecule has 0 fully saturated rings. The summed E-state index contributed by atoms with van der Waals surface area (Å²) in [6.07, 6.45) is -2.86. The highest BCUT2D eigenvalue weighted by atomic mass is 19.3. The number of hydrogen-bond donors (Lipinski definition) is 2. The van der Waals surface area contributed by atoms with Crippen LogP contribution in [0.5, 0.6) is 0 Å². The van der Waals surface area contributed by atoms with Gasteiger partial charge in [0.25, 0.3) is 12.3 Å². The number of primary amides is 1. The first kappa shape index (κ1) is 10.4. The molecule has 4 nitrogen and oxygen atoms in total. The van der Waals surface area contributed by atoms with Gasteiger partial charge in [0.2, 0.25) is 0 Å². The van der Waals surface area contributed by atoms with Crippen molar-refractivity contribution < 1.29 is 13.6 Å². The molecule has 0 saturated heterocycles. The number of aromatic nitrogens is 1. The van der Waals surface area contributed by atoms with Crippen LogP contribution in [0.1, 0.15) is 28.2 Å². The number of carbonyl (C=O) groups is 1. The first-order chi connectivity index (χ1) is 6.43. The molecular weight excluding hydrogens is 192 g/mol. The van der Waals surface area contributed by atoms with Crippen LogP contribution in [-0.4, -0.2) is 10.9 Å². The van der Waals surface area contributed by atoms with Gasteiger partial charge >= 0.3 is 0 Å². The van der Waals surface area contributed by atoms with Gasteiger partial charge in [0.05, 0.1) is 5.56 Å². The second-order valence-corrected chi connectivity index (χ2v) is 2.78.